The molecule has 160 valence electrons. The van der Waals surface area contributed by atoms with Gasteiger partial charge in [0, 0.05) is 30.2 Å². The standard InChI is InChI=1S/C24H27N5O2/c1-17-10-11-18(15-20(17)27-24(31)22-9-5-13-28(22)2)23(30)25-16-19-7-3-4-8-21(19)29-14-6-12-26-29/h3-4,6-8,10-12,14-15,22H,5,9,13,16H2,1-2H3,(H,25,30)(H,27,31)/t22-/m0/s1. The van der Waals surface area contributed by atoms with E-state index in [0.29, 0.717) is 17.8 Å². The van der Waals surface area contributed by atoms with Crippen LogP contribution in [-0.4, -0.2) is 46.1 Å². The zero-order valence-electron chi connectivity index (χ0n) is 17.8. The normalized spacial score (nSPS) is 16.3. The zero-order chi connectivity index (χ0) is 21.8. The second kappa shape index (κ2) is 9.14. The monoisotopic (exact) mass is 417 g/mol. The number of benzene rings is 2. The molecule has 31 heavy (non-hydrogen) atoms. The number of amides is 2. The topological polar surface area (TPSA) is 79.3 Å². The Labute approximate surface area is 182 Å². The summed E-state index contributed by atoms with van der Waals surface area (Å²) in [5.74, 6) is -0.211. The van der Waals surface area contributed by atoms with Crippen molar-refractivity contribution in [3.63, 3.8) is 0 Å². The average Bonchev–Trinajstić information content (AvgIpc) is 3.45. The summed E-state index contributed by atoms with van der Waals surface area (Å²) in [7, 11) is 1.97. The Morgan fingerprint density at radius 2 is 2.00 bits per heavy atom. The summed E-state index contributed by atoms with van der Waals surface area (Å²) in [5.41, 5.74) is 4.00. The maximum absolute atomic E-state index is 12.8. The van der Waals surface area contributed by atoms with Gasteiger partial charge < -0.3 is 10.6 Å². The average molecular weight is 418 g/mol. The van der Waals surface area contributed by atoms with Crippen molar-refractivity contribution < 1.29 is 9.59 Å². The predicted octanol–water partition coefficient (Wildman–Crippen LogP) is 3.14. The summed E-state index contributed by atoms with van der Waals surface area (Å²) < 4.78 is 1.78. The van der Waals surface area contributed by atoms with E-state index in [4.69, 9.17) is 0 Å². The van der Waals surface area contributed by atoms with E-state index in [1.54, 1.807) is 23.0 Å². The van der Waals surface area contributed by atoms with Crippen molar-refractivity contribution in [3.8, 4) is 5.69 Å². The quantitative estimate of drug-likeness (QED) is 0.646. The molecule has 2 heterocycles. The van der Waals surface area contributed by atoms with E-state index in [1.165, 1.54) is 0 Å². The maximum Gasteiger partial charge on any atom is 0.251 e. The number of carbonyl (C=O) groups is 2. The lowest BCUT2D eigenvalue weighted by Crippen LogP contribution is -2.37. The van der Waals surface area contributed by atoms with Crippen LogP contribution in [0.25, 0.3) is 5.69 Å². The van der Waals surface area contributed by atoms with E-state index in [9.17, 15) is 9.59 Å². The SMILES string of the molecule is Cc1ccc(C(=O)NCc2ccccc2-n2cccn2)cc1NC(=O)[C@@H]1CCCN1C. The van der Waals surface area contributed by atoms with Crippen molar-refractivity contribution in [2.24, 2.45) is 0 Å². The van der Waals surface area contributed by atoms with Crippen LogP contribution in [0, 0.1) is 6.92 Å². The minimum atomic E-state index is -0.191. The van der Waals surface area contributed by atoms with Gasteiger partial charge in [-0.05, 0) is 68.8 Å². The number of nitrogens with zero attached hydrogens (tertiary/aromatic N) is 3. The first kappa shape index (κ1) is 20.8. The molecule has 1 aliphatic heterocycles. The molecule has 1 atom stereocenters. The van der Waals surface area contributed by atoms with Gasteiger partial charge in [-0.25, -0.2) is 4.68 Å². The van der Waals surface area contributed by atoms with Crippen molar-refractivity contribution in [1.82, 2.24) is 20.0 Å². The molecule has 0 unspecified atom stereocenters. The number of rotatable bonds is 6. The number of para-hydroxylation sites is 1. The molecular formula is C24H27N5O2. The first-order chi connectivity index (χ1) is 15.0. The number of likely N-dealkylation sites (N-methyl/N-ethyl adjacent to an activating group) is 1. The number of hydrogen-bond donors (Lipinski definition) is 2. The Morgan fingerprint density at radius 3 is 2.74 bits per heavy atom. The van der Waals surface area contributed by atoms with E-state index in [1.807, 2.05) is 56.6 Å². The van der Waals surface area contributed by atoms with Crippen molar-refractivity contribution >= 4 is 17.5 Å². The van der Waals surface area contributed by atoms with Crippen molar-refractivity contribution in [1.29, 1.82) is 0 Å². The number of hydrogen-bond acceptors (Lipinski definition) is 4. The van der Waals surface area contributed by atoms with Crippen molar-refractivity contribution in [2.45, 2.75) is 32.4 Å². The van der Waals surface area contributed by atoms with E-state index in [-0.39, 0.29) is 17.9 Å². The largest absolute Gasteiger partial charge is 0.348 e. The molecule has 4 rings (SSSR count). The van der Waals surface area contributed by atoms with Gasteiger partial charge in [-0.3, -0.25) is 14.5 Å². The third-order valence-corrected chi connectivity index (χ3v) is 5.76. The van der Waals surface area contributed by atoms with Crippen LogP contribution < -0.4 is 10.6 Å². The lowest BCUT2D eigenvalue weighted by Gasteiger charge is -2.19. The predicted molar refractivity (Wildman–Crippen MR) is 120 cm³/mol. The molecule has 7 heteroatoms. The first-order valence-corrected chi connectivity index (χ1v) is 10.5. The zero-order valence-corrected chi connectivity index (χ0v) is 17.8. The first-order valence-electron chi connectivity index (χ1n) is 10.5. The Morgan fingerprint density at radius 1 is 1.16 bits per heavy atom. The fraction of sp³-hybridized carbons (Fsp3) is 0.292. The molecule has 1 fully saturated rings. The molecule has 0 aliphatic carbocycles. The van der Waals surface area contributed by atoms with Crippen LogP contribution in [0.1, 0.15) is 34.3 Å². The number of nitrogens with one attached hydrogen (secondary N) is 2. The molecule has 0 bridgehead atoms. The van der Waals surface area contributed by atoms with Gasteiger partial charge in [-0.2, -0.15) is 5.10 Å². The fourth-order valence-electron chi connectivity index (χ4n) is 3.93. The molecule has 0 spiro atoms. The summed E-state index contributed by atoms with van der Waals surface area (Å²) in [6.45, 7) is 3.23. The van der Waals surface area contributed by atoms with E-state index in [2.05, 4.69) is 20.6 Å². The Balaban J connectivity index is 1.45. The van der Waals surface area contributed by atoms with Crippen molar-refractivity contribution in [2.75, 3.05) is 18.9 Å². The summed E-state index contributed by atoms with van der Waals surface area (Å²) in [5, 5.41) is 10.3. The van der Waals surface area contributed by atoms with Gasteiger partial charge in [0.05, 0.1) is 11.7 Å². The Bertz CT molecular complexity index is 1080. The Hall–Kier alpha value is -3.45. The smallest absolute Gasteiger partial charge is 0.251 e. The van der Waals surface area contributed by atoms with Gasteiger partial charge in [-0.1, -0.05) is 24.3 Å². The van der Waals surface area contributed by atoms with Crippen LogP contribution in [0.15, 0.2) is 60.9 Å². The molecule has 2 amide bonds. The molecule has 3 aromatic rings. The maximum atomic E-state index is 12.8. The van der Waals surface area contributed by atoms with Gasteiger partial charge >= 0.3 is 0 Å². The lowest BCUT2D eigenvalue weighted by atomic mass is 10.1. The summed E-state index contributed by atoms with van der Waals surface area (Å²) in [6, 6.07) is 15.0. The second-order valence-electron chi connectivity index (χ2n) is 7.92. The van der Waals surface area contributed by atoms with Crippen LogP contribution >= 0.6 is 0 Å². The molecular weight excluding hydrogens is 390 g/mol. The van der Waals surface area contributed by atoms with E-state index in [0.717, 1.165) is 36.2 Å². The number of anilines is 1. The summed E-state index contributed by atoms with van der Waals surface area (Å²) >= 11 is 0. The van der Waals surface area contributed by atoms with Gasteiger partial charge in [0.2, 0.25) is 5.91 Å². The van der Waals surface area contributed by atoms with Crippen LogP contribution in [0.2, 0.25) is 0 Å². The highest BCUT2D eigenvalue weighted by atomic mass is 16.2. The van der Waals surface area contributed by atoms with Gasteiger partial charge in [0.1, 0.15) is 0 Å². The molecule has 7 nitrogen and oxygen atoms in total. The molecule has 2 aromatic carbocycles. The highest BCUT2D eigenvalue weighted by molar-refractivity contribution is 5.99. The number of aromatic nitrogens is 2. The Kier molecular flexibility index (Phi) is 6.13. The third kappa shape index (κ3) is 4.67. The molecule has 0 saturated carbocycles. The summed E-state index contributed by atoms with van der Waals surface area (Å²) in [6.07, 6.45) is 5.48. The fourth-order valence-corrected chi connectivity index (χ4v) is 3.93. The number of likely N-dealkylation sites (tertiary alicyclic amines) is 1. The van der Waals surface area contributed by atoms with Gasteiger partial charge in [0.15, 0.2) is 0 Å². The molecule has 2 N–H and O–H groups in total. The van der Waals surface area contributed by atoms with Crippen LogP contribution in [0.3, 0.4) is 0 Å². The van der Waals surface area contributed by atoms with Gasteiger partial charge in [0.25, 0.3) is 5.91 Å². The molecule has 1 saturated heterocycles. The van der Waals surface area contributed by atoms with E-state index < -0.39 is 0 Å². The highest BCUT2D eigenvalue weighted by Gasteiger charge is 2.28. The van der Waals surface area contributed by atoms with Crippen LogP contribution in [0.4, 0.5) is 5.69 Å². The van der Waals surface area contributed by atoms with Crippen LogP contribution in [0.5, 0.6) is 0 Å². The molecule has 1 aliphatic rings. The van der Waals surface area contributed by atoms with Gasteiger partial charge in [-0.15, -0.1) is 0 Å². The van der Waals surface area contributed by atoms with Crippen molar-refractivity contribution in [3.05, 3.63) is 77.6 Å². The molecule has 1 aromatic heterocycles. The second-order valence-corrected chi connectivity index (χ2v) is 7.92. The van der Waals surface area contributed by atoms with Crippen LogP contribution in [-0.2, 0) is 11.3 Å². The third-order valence-electron chi connectivity index (χ3n) is 5.76. The number of carbonyl (C=O) groups excluding carboxylic acids is 2. The van der Waals surface area contributed by atoms with E-state index >= 15 is 0 Å². The minimum Gasteiger partial charge on any atom is -0.348 e. The minimum absolute atomic E-state index is 0.0196. The highest BCUT2D eigenvalue weighted by Crippen LogP contribution is 2.21. The molecule has 0 radical (unpaired) electrons. The summed E-state index contributed by atoms with van der Waals surface area (Å²) in [4.78, 5) is 27.5. The lowest BCUT2D eigenvalue weighted by molar-refractivity contribution is -0.119. The number of aryl methyl sites for hydroxylation is 1.